The van der Waals surface area contributed by atoms with Gasteiger partial charge in [-0.05, 0) is 30.7 Å². The molecule has 1 heterocycles. The molecule has 2 aromatic carbocycles. The SMILES string of the molecule is Cc1ccccc1N1CC(C(=O)Nc2ccc(F)cc2F)CC1=O. The second kappa shape index (κ2) is 6.39. The fraction of sp³-hybridized carbons (Fsp3) is 0.222. The van der Waals surface area contributed by atoms with Crippen LogP contribution in [0.4, 0.5) is 20.2 Å². The van der Waals surface area contributed by atoms with Gasteiger partial charge in [0.05, 0.1) is 11.6 Å². The Bertz CT molecular complexity index is 807. The number of halogens is 2. The molecule has 3 rings (SSSR count). The first-order chi connectivity index (χ1) is 11.5. The highest BCUT2D eigenvalue weighted by Gasteiger charge is 2.35. The van der Waals surface area contributed by atoms with Crippen molar-refractivity contribution in [2.75, 3.05) is 16.8 Å². The average molecular weight is 330 g/mol. The first kappa shape index (κ1) is 16.1. The number of anilines is 2. The molecular weight excluding hydrogens is 314 g/mol. The van der Waals surface area contributed by atoms with Crippen LogP contribution in [0.3, 0.4) is 0 Å². The third-order valence-corrected chi connectivity index (χ3v) is 4.09. The predicted octanol–water partition coefficient (Wildman–Crippen LogP) is 3.26. The van der Waals surface area contributed by atoms with E-state index in [0.29, 0.717) is 6.07 Å². The quantitative estimate of drug-likeness (QED) is 0.939. The molecule has 0 bridgehead atoms. The second-order valence-electron chi connectivity index (χ2n) is 5.81. The van der Waals surface area contributed by atoms with Gasteiger partial charge in [0.1, 0.15) is 11.6 Å². The Morgan fingerprint density at radius 2 is 1.96 bits per heavy atom. The lowest BCUT2D eigenvalue weighted by atomic mass is 10.1. The Kier molecular flexibility index (Phi) is 4.29. The highest BCUT2D eigenvalue weighted by molar-refractivity contribution is 6.03. The standard InChI is InChI=1S/C18H16F2N2O2/c1-11-4-2-3-5-16(11)22-10-12(8-17(22)23)18(24)21-15-7-6-13(19)9-14(15)20/h2-7,9,12H,8,10H2,1H3,(H,21,24). The van der Waals surface area contributed by atoms with Crippen LogP contribution in [-0.4, -0.2) is 18.4 Å². The first-order valence-electron chi connectivity index (χ1n) is 7.57. The minimum absolute atomic E-state index is 0.0585. The summed E-state index contributed by atoms with van der Waals surface area (Å²) in [6.07, 6.45) is 0.0585. The summed E-state index contributed by atoms with van der Waals surface area (Å²) in [5.41, 5.74) is 1.62. The summed E-state index contributed by atoms with van der Waals surface area (Å²) in [6, 6.07) is 10.4. The smallest absolute Gasteiger partial charge is 0.229 e. The summed E-state index contributed by atoms with van der Waals surface area (Å²) in [7, 11) is 0. The van der Waals surface area contributed by atoms with E-state index in [4.69, 9.17) is 0 Å². The molecule has 24 heavy (non-hydrogen) atoms. The number of amides is 2. The number of aryl methyl sites for hydroxylation is 1. The van der Waals surface area contributed by atoms with Crippen LogP contribution in [0.5, 0.6) is 0 Å². The number of para-hydroxylation sites is 1. The maximum absolute atomic E-state index is 13.6. The van der Waals surface area contributed by atoms with Gasteiger partial charge in [0.25, 0.3) is 0 Å². The lowest BCUT2D eigenvalue weighted by Crippen LogP contribution is -2.28. The summed E-state index contributed by atoms with van der Waals surface area (Å²) in [5, 5.41) is 2.43. The van der Waals surface area contributed by atoms with Crippen LogP contribution >= 0.6 is 0 Å². The van der Waals surface area contributed by atoms with Crippen molar-refractivity contribution in [3.05, 3.63) is 59.7 Å². The van der Waals surface area contributed by atoms with E-state index in [1.165, 1.54) is 6.07 Å². The molecule has 1 aliphatic rings. The Balaban J connectivity index is 1.73. The van der Waals surface area contributed by atoms with E-state index in [1.807, 2.05) is 31.2 Å². The number of hydrogen-bond acceptors (Lipinski definition) is 2. The zero-order chi connectivity index (χ0) is 17.3. The van der Waals surface area contributed by atoms with Gasteiger partial charge in [-0.15, -0.1) is 0 Å². The van der Waals surface area contributed by atoms with E-state index in [2.05, 4.69) is 5.32 Å². The van der Waals surface area contributed by atoms with Crippen LogP contribution in [0.15, 0.2) is 42.5 Å². The first-order valence-corrected chi connectivity index (χ1v) is 7.57. The van der Waals surface area contributed by atoms with Crippen LogP contribution < -0.4 is 10.2 Å². The van der Waals surface area contributed by atoms with Crippen LogP contribution in [0.1, 0.15) is 12.0 Å². The molecule has 1 unspecified atom stereocenters. The van der Waals surface area contributed by atoms with E-state index in [-0.39, 0.29) is 24.6 Å². The van der Waals surface area contributed by atoms with Crippen molar-refractivity contribution < 1.29 is 18.4 Å². The van der Waals surface area contributed by atoms with Crippen LogP contribution in [0.25, 0.3) is 0 Å². The number of nitrogens with zero attached hydrogens (tertiary/aromatic N) is 1. The van der Waals surface area contributed by atoms with Crippen molar-refractivity contribution in [2.24, 2.45) is 5.92 Å². The number of carbonyl (C=O) groups is 2. The molecule has 2 aromatic rings. The molecule has 0 radical (unpaired) electrons. The summed E-state index contributed by atoms with van der Waals surface area (Å²) in [4.78, 5) is 26.1. The summed E-state index contributed by atoms with van der Waals surface area (Å²) in [6.45, 7) is 2.13. The summed E-state index contributed by atoms with van der Waals surface area (Å²) >= 11 is 0. The number of rotatable bonds is 3. The van der Waals surface area contributed by atoms with Crippen molar-refractivity contribution >= 4 is 23.2 Å². The Hall–Kier alpha value is -2.76. The molecule has 124 valence electrons. The fourth-order valence-electron chi connectivity index (χ4n) is 2.81. The third-order valence-electron chi connectivity index (χ3n) is 4.09. The number of nitrogens with one attached hydrogen (secondary N) is 1. The zero-order valence-corrected chi connectivity index (χ0v) is 13.1. The van der Waals surface area contributed by atoms with Crippen molar-refractivity contribution in [3.8, 4) is 0 Å². The number of benzene rings is 2. The van der Waals surface area contributed by atoms with Gasteiger partial charge >= 0.3 is 0 Å². The molecule has 6 heteroatoms. The normalized spacial score (nSPS) is 17.2. The van der Waals surface area contributed by atoms with Gasteiger partial charge in [-0.1, -0.05) is 18.2 Å². The highest BCUT2D eigenvalue weighted by Crippen LogP contribution is 2.28. The molecule has 0 aromatic heterocycles. The van der Waals surface area contributed by atoms with Crippen molar-refractivity contribution in [1.29, 1.82) is 0 Å². The number of carbonyl (C=O) groups excluding carboxylic acids is 2. The van der Waals surface area contributed by atoms with Crippen LogP contribution in [-0.2, 0) is 9.59 Å². The average Bonchev–Trinajstić information content (AvgIpc) is 2.92. The van der Waals surface area contributed by atoms with Crippen molar-refractivity contribution in [1.82, 2.24) is 0 Å². The van der Waals surface area contributed by atoms with Gasteiger partial charge in [-0.25, -0.2) is 8.78 Å². The van der Waals surface area contributed by atoms with Gasteiger partial charge in [0, 0.05) is 24.7 Å². The molecule has 1 atom stereocenters. The summed E-state index contributed by atoms with van der Waals surface area (Å²) in [5.74, 6) is -2.74. The fourth-order valence-corrected chi connectivity index (χ4v) is 2.81. The Labute approximate surface area is 138 Å². The minimum atomic E-state index is -0.844. The molecule has 1 aliphatic heterocycles. The van der Waals surface area contributed by atoms with E-state index in [9.17, 15) is 18.4 Å². The molecule has 0 saturated carbocycles. The Morgan fingerprint density at radius 3 is 2.67 bits per heavy atom. The third kappa shape index (κ3) is 3.13. The van der Waals surface area contributed by atoms with Gasteiger partial charge in [0.15, 0.2) is 0 Å². The minimum Gasteiger partial charge on any atom is -0.323 e. The topological polar surface area (TPSA) is 49.4 Å². The lowest BCUT2D eigenvalue weighted by molar-refractivity contribution is -0.122. The maximum atomic E-state index is 13.6. The molecule has 2 amide bonds. The van der Waals surface area contributed by atoms with Crippen LogP contribution in [0, 0.1) is 24.5 Å². The molecule has 0 spiro atoms. The van der Waals surface area contributed by atoms with E-state index in [0.717, 1.165) is 17.3 Å². The number of hydrogen-bond donors (Lipinski definition) is 1. The van der Waals surface area contributed by atoms with E-state index < -0.39 is 23.5 Å². The monoisotopic (exact) mass is 330 g/mol. The molecule has 1 N–H and O–H groups in total. The van der Waals surface area contributed by atoms with Crippen LogP contribution in [0.2, 0.25) is 0 Å². The maximum Gasteiger partial charge on any atom is 0.229 e. The van der Waals surface area contributed by atoms with Gasteiger partial charge < -0.3 is 10.2 Å². The van der Waals surface area contributed by atoms with E-state index in [1.54, 1.807) is 4.90 Å². The highest BCUT2D eigenvalue weighted by atomic mass is 19.1. The molecular formula is C18H16F2N2O2. The summed E-state index contributed by atoms with van der Waals surface area (Å²) < 4.78 is 26.5. The van der Waals surface area contributed by atoms with Gasteiger partial charge in [-0.2, -0.15) is 0 Å². The van der Waals surface area contributed by atoms with Crippen molar-refractivity contribution in [3.63, 3.8) is 0 Å². The predicted molar refractivity (Wildman–Crippen MR) is 86.6 cm³/mol. The zero-order valence-electron chi connectivity index (χ0n) is 13.1. The second-order valence-corrected chi connectivity index (χ2v) is 5.81. The van der Waals surface area contributed by atoms with Gasteiger partial charge in [0.2, 0.25) is 11.8 Å². The molecule has 4 nitrogen and oxygen atoms in total. The molecule has 1 saturated heterocycles. The van der Waals surface area contributed by atoms with Gasteiger partial charge in [-0.3, -0.25) is 9.59 Å². The largest absolute Gasteiger partial charge is 0.323 e. The molecule has 1 fully saturated rings. The molecule has 0 aliphatic carbocycles. The lowest BCUT2D eigenvalue weighted by Gasteiger charge is -2.19. The van der Waals surface area contributed by atoms with E-state index >= 15 is 0 Å². The Morgan fingerprint density at radius 1 is 1.21 bits per heavy atom. The van der Waals surface area contributed by atoms with Crippen molar-refractivity contribution in [2.45, 2.75) is 13.3 Å².